The number of ether oxygens (including phenoxy) is 3. The Morgan fingerprint density at radius 1 is 1.22 bits per heavy atom. The molecule has 2 heterocycles. The van der Waals surface area contributed by atoms with E-state index in [0.717, 1.165) is 11.3 Å². The van der Waals surface area contributed by atoms with Gasteiger partial charge in [0.05, 0.1) is 47.6 Å². The molecule has 1 aromatic heterocycles. The fourth-order valence-electron chi connectivity index (χ4n) is 4.03. The lowest BCUT2D eigenvalue weighted by molar-refractivity contribution is -0.384. The van der Waals surface area contributed by atoms with Crippen molar-refractivity contribution in [2.75, 3.05) is 20.8 Å². The largest absolute Gasteiger partial charge is 0.493 e. The highest BCUT2D eigenvalue weighted by Gasteiger charge is 2.34. The van der Waals surface area contributed by atoms with Crippen LogP contribution in [0.2, 0.25) is 5.02 Å². The van der Waals surface area contributed by atoms with Crippen molar-refractivity contribution in [1.82, 2.24) is 4.57 Å². The number of benzene rings is 2. The van der Waals surface area contributed by atoms with Crippen LogP contribution in [0.1, 0.15) is 31.0 Å². The molecule has 0 bridgehead atoms. The predicted octanol–water partition coefficient (Wildman–Crippen LogP) is 3.38. The number of hydrogen-bond donors (Lipinski definition) is 0. The Kier molecular flexibility index (Phi) is 7.46. The number of carbonyl (C=O) groups excluding carboxylic acids is 1. The highest BCUT2D eigenvalue weighted by atomic mass is 35.5. The molecule has 10 nitrogen and oxygen atoms in total. The van der Waals surface area contributed by atoms with E-state index in [1.54, 1.807) is 32.0 Å². The maximum Gasteiger partial charge on any atom is 0.338 e. The van der Waals surface area contributed by atoms with Crippen molar-refractivity contribution in [1.29, 1.82) is 0 Å². The van der Waals surface area contributed by atoms with Gasteiger partial charge in [0.15, 0.2) is 16.3 Å². The normalized spacial score (nSPS) is 15.2. The lowest BCUT2D eigenvalue weighted by Crippen LogP contribution is -2.40. The third-order valence-corrected chi connectivity index (χ3v) is 7.04. The number of thiazole rings is 1. The van der Waals surface area contributed by atoms with Crippen LogP contribution >= 0.6 is 22.9 Å². The molecule has 0 amide bonds. The second kappa shape index (κ2) is 10.6. The number of nitro benzene ring substituents is 1. The summed E-state index contributed by atoms with van der Waals surface area (Å²) >= 11 is 7.35. The van der Waals surface area contributed by atoms with Gasteiger partial charge in [0.25, 0.3) is 11.2 Å². The highest BCUT2D eigenvalue weighted by molar-refractivity contribution is 7.07. The SMILES string of the molecule is CCOC(=O)C1=C(C)N=c2sc(=Cc3cc([N+](=O)[O-])ccc3Cl)c(=O)n2C1c1ccc(OC)c(OC)c1. The van der Waals surface area contributed by atoms with Crippen LogP contribution in [-0.2, 0) is 9.53 Å². The minimum absolute atomic E-state index is 0.143. The number of non-ortho nitro benzene ring substituents is 1. The Balaban J connectivity index is 1.98. The summed E-state index contributed by atoms with van der Waals surface area (Å²) in [6, 6.07) is 8.23. The molecule has 0 fully saturated rings. The molecule has 0 radical (unpaired) electrons. The fraction of sp³-hybridized carbons (Fsp3) is 0.240. The van der Waals surface area contributed by atoms with Crippen LogP contribution in [0.3, 0.4) is 0 Å². The van der Waals surface area contributed by atoms with Crippen molar-refractivity contribution in [3.05, 3.63) is 93.6 Å². The first-order valence-corrected chi connectivity index (χ1v) is 12.2. The molecule has 0 spiro atoms. The molecule has 2 aromatic carbocycles. The van der Waals surface area contributed by atoms with Crippen molar-refractivity contribution in [2.45, 2.75) is 19.9 Å². The summed E-state index contributed by atoms with van der Waals surface area (Å²) in [7, 11) is 3.00. The Hall–Kier alpha value is -3.96. The van der Waals surface area contributed by atoms with Gasteiger partial charge in [0, 0.05) is 22.7 Å². The number of nitrogens with zero attached hydrogens (tertiary/aromatic N) is 3. The maximum absolute atomic E-state index is 13.7. The molecule has 1 aliphatic rings. The number of hydrogen-bond acceptors (Lipinski definition) is 9. The zero-order chi connectivity index (χ0) is 26.9. The van der Waals surface area contributed by atoms with Gasteiger partial charge >= 0.3 is 5.97 Å². The molecule has 0 aliphatic carbocycles. The van der Waals surface area contributed by atoms with Gasteiger partial charge in [-0.2, -0.15) is 0 Å². The van der Waals surface area contributed by atoms with Crippen molar-refractivity contribution < 1.29 is 23.9 Å². The zero-order valence-electron chi connectivity index (χ0n) is 20.3. The molecule has 1 atom stereocenters. The molecular formula is C25H22ClN3O7S. The molecular weight excluding hydrogens is 522 g/mol. The number of fused-ring (bicyclic) bond motifs is 1. The van der Waals surface area contributed by atoms with Crippen molar-refractivity contribution in [3.8, 4) is 11.5 Å². The smallest absolute Gasteiger partial charge is 0.338 e. The highest BCUT2D eigenvalue weighted by Crippen LogP contribution is 2.36. The van der Waals surface area contributed by atoms with Crippen molar-refractivity contribution in [2.24, 2.45) is 4.99 Å². The summed E-state index contributed by atoms with van der Waals surface area (Å²) in [5.41, 5.74) is 0.898. The standard InChI is InChI=1S/C25H22ClN3O7S/c1-5-36-24(31)21-13(2)27-25-28(22(21)14-6-9-18(34-3)19(11-14)35-4)23(30)20(37-25)12-15-10-16(29(32)33)7-8-17(15)26/h6-12,22H,5H2,1-4H3. The second-order valence-electron chi connectivity index (χ2n) is 7.88. The summed E-state index contributed by atoms with van der Waals surface area (Å²) < 4.78 is 17.7. The van der Waals surface area contributed by atoms with Gasteiger partial charge < -0.3 is 14.2 Å². The van der Waals surface area contributed by atoms with Gasteiger partial charge in [-0.25, -0.2) is 9.79 Å². The number of carbonyl (C=O) groups is 1. The first kappa shape index (κ1) is 26.1. The van der Waals surface area contributed by atoms with E-state index in [-0.39, 0.29) is 27.4 Å². The number of nitro groups is 1. The molecule has 192 valence electrons. The Morgan fingerprint density at radius 3 is 2.59 bits per heavy atom. The monoisotopic (exact) mass is 543 g/mol. The maximum atomic E-state index is 13.7. The molecule has 1 aliphatic heterocycles. The number of esters is 1. The predicted molar refractivity (Wildman–Crippen MR) is 138 cm³/mol. The van der Waals surface area contributed by atoms with Gasteiger partial charge in [-0.3, -0.25) is 19.5 Å². The van der Waals surface area contributed by atoms with Gasteiger partial charge in [-0.15, -0.1) is 0 Å². The van der Waals surface area contributed by atoms with E-state index in [2.05, 4.69) is 4.99 Å². The molecule has 1 unspecified atom stereocenters. The zero-order valence-corrected chi connectivity index (χ0v) is 21.9. The summed E-state index contributed by atoms with van der Waals surface area (Å²) in [5, 5.41) is 11.5. The van der Waals surface area contributed by atoms with Crippen LogP contribution in [0.5, 0.6) is 11.5 Å². The van der Waals surface area contributed by atoms with Gasteiger partial charge in [0.2, 0.25) is 0 Å². The first-order valence-electron chi connectivity index (χ1n) is 11.1. The molecule has 0 saturated carbocycles. The van der Waals surface area contributed by atoms with Crippen LogP contribution in [0, 0.1) is 10.1 Å². The van der Waals surface area contributed by atoms with Gasteiger partial charge in [-0.1, -0.05) is 29.0 Å². The van der Waals surface area contributed by atoms with Gasteiger partial charge in [0.1, 0.15) is 0 Å². The van der Waals surface area contributed by atoms with Gasteiger partial charge in [-0.05, 0) is 43.7 Å². The Labute approximate surface area is 219 Å². The van der Waals surface area contributed by atoms with E-state index < -0.39 is 22.5 Å². The van der Waals surface area contributed by atoms with Crippen LogP contribution in [0.25, 0.3) is 6.08 Å². The Bertz CT molecular complexity index is 1620. The van der Waals surface area contributed by atoms with Crippen LogP contribution in [-0.4, -0.2) is 36.3 Å². The number of allylic oxidation sites excluding steroid dienone is 1. The second-order valence-corrected chi connectivity index (χ2v) is 9.30. The Morgan fingerprint density at radius 2 is 1.95 bits per heavy atom. The van der Waals surface area contributed by atoms with E-state index >= 15 is 0 Å². The van der Waals surface area contributed by atoms with Crippen LogP contribution in [0.4, 0.5) is 5.69 Å². The van der Waals surface area contributed by atoms with E-state index in [4.69, 9.17) is 25.8 Å². The number of aromatic nitrogens is 1. The lowest BCUT2D eigenvalue weighted by atomic mass is 9.95. The number of halogens is 1. The quantitative estimate of drug-likeness (QED) is 0.254. The van der Waals surface area contributed by atoms with Crippen molar-refractivity contribution in [3.63, 3.8) is 0 Å². The minimum Gasteiger partial charge on any atom is -0.493 e. The third-order valence-electron chi connectivity index (χ3n) is 5.72. The van der Waals surface area contributed by atoms with E-state index in [9.17, 15) is 19.7 Å². The lowest BCUT2D eigenvalue weighted by Gasteiger charge is -2.25. The number of methoxy groups -OCH3 is 2. The van der Waals surface area contributed by atoms with E-state index in [1.807, 2.05) is 0 Å². The van der Waals surface area contributed by atoms with Crippen LogP contribution in [0.15, 0.2) is 57.5 Å². The molecule has 4 rings (SSSR count). The average molecular weight is 544 g/mol. The average Bonchev–Trinajstić information content (AvgIpc) is 3.18. The number of rotatable bonds is 7. The van der Waals surface area contributed by atoms with Crippen LogP contribution < -0.4 is 24.4 Å². The summed E-state index contributed by atoms with van der Waals surface area (Å²) in [5.74, 6) is 0.306. The fourth-order valence-corrected chi connectivity index (χ4v) is 5.24. The molecule has 37 heavy (non-hydrogen) atoms. The van der Waals surface area contributed by atoms with E-state index in [0.29, 0.717) is 33.1 Å². The summed E-state index contributed by atoms with van der Waals surface area (Å²) in [4.78, 5) is 42.3. The summed E-state index contributed by atoms with van der Waals surface area (Å²) in [6.45, 7) is 3.51. The third kappa shape index (κ3) is 4.87. The molecule has 0 saturated heterocycles. The molecule has 0 N–H and O–H groups in total. The molecule has 3 aromatic rings. The minimum atomic E-state index is -0.863. The van der Waals surface area contributed by atoms with E-state index in [1.165, 1.54) is 43.1 Å². The molecule has 12 heteroatoms. The first-order chi connectivity index (χ1) is 17.7. The summed E-state index contributed by atoms with van der Waals surface area (Å²) in [6.07, 6.45) is 1.48. The van der Waals surface area contributed by atoms with Crippen molar-refractivity contribution >= 4 is 40.7 Å². The topological polar surface area (TPSA) is 122 Å².